The van der Waals surface area contributed by atoms with Crippen LogP contribution in [0.5, 0.6) is 0 Å². The molecule has 104 valence electrons. The van der Waals surface area contributed by atoms with E-state index >= 15 is 0 Å². The molecule has 1 rings (SSSR count). The molecule has 0 bridgehead atoms. The largest absolute Gasteiger partial charge is 0.394 e. The third-order valence-corrected chi connectivity index (χ3v) is 2.52. The summed E-state index contributed by atoms with van der Waals surface area (Å²) in [6.07, 6.45) is 2.86. The molecule has 1 aromatic carbocycles. The summed E-state index contributed by atoms with van der Waals surface area (Å²) in [5, 5.41) is 20.6. The number of carbonyl (C=O) groups is 1. The van der Waals surface area contributed by atoms with Gasteiger partial charge >= 0.3 is 6.03 Å². The Hall–Kier alpha value is -1.85. The number of urea groups is 1. The number of aliphatic hydroxyl groups is 2. The molecule has 19 heavy (non-hydrogen) atoms. The van der Waals surface area contributed by atoms with Crippen LogP contribution >= 0.6 is 0 Å². The molecule has 1 aromatic rings. The van der Waals surface area contributed by atoms with E-state index in [4.69, 9.17) is 5.11 Å². The van der Waals surface area contributed by atoms with E-state index in [1.54, 1.807) is 7.05 Å². The number of rotatable bonds is 6. The molecule has 1 atom stereocenters. The van der Waals surface area contributed by atoms with Gasteiger partial charge in [0.05, 0.1) is 19.3 Å². The van der Waals surface area contributed by atoms with Gasteiger partial charge in [0.15, 0.2) is 0 Å². The van der Waals surface area contributed by atoms with E-state index in [2.05, 4.69) is 5.32 Å². The first-order valence-electron chi connectivity index (χ1n) is 6.13. The summed E-state index contributed by atoms with van der Waals surface area (Å²) in [5.74, 6) is 0. The monoisotopic (exact) mass is 264 g/mol. The Morgan fingerprint density at radius 3 is 2.74 bits per heavy atom. The van der Waals surface area contributed by atoms with Crippen molar-refractivity contribution >= 4 is 12.1 Å². The lowest BCUT2D eigenvalue weighted by Crippen LogP contribution is -2.42. The van der Waals surface area contributed by atoms with Crippen LogP contribution in [0.4, 0.5) is 4.79 Å². The summed E-state index contributed by atoms with van der Waals surface area (Å²) in [6, 6.07) is 9.50. The van der Waals surface area contributed by atoms with Crippen LogP contribution in [0.3, 0.4) is 0 Å². The van der Waals surface area contributed by atoms with Crippen molar-refractivity contribution in [2.75, 3.05) is 26.7 Å². The molecule has 0 aliphatic heterocycles. The first-order valence-corrected chi connectivity index (χ1v) is 6.13. The maximum atomic E-state index is 11.6. The Bertz CT molecular complexity index is 406. The molecule has 0 spiro atoms. The minimum Gasteiger partial charge on any atom is -0.394 e. The van der Waals surface area contributed by atoms with Crippen molar-refractivity contribution in [1.82, 2.24) is 10.2 Å². The maximum absolute atomic E-state index is 11.6. The van der Waals surface area contributed by atoms with Gasteiger partial charge in [-0.2, -0.15) is 0 Å². The number of hydrogen-bond donors (Lipinski definition) is 3. The summed E-state index contributed by atoms with van der Waals surface area (Å²) in [7, 11) is 1.56. The number of nitrogens with one attached hydrogen (secondary N) is 1. The van der Waals surface area contributed by atoms with Crippen LogP contribution in [0.15, 0.2) is 36.4 Å². The molecule has 0 heterocycles. The number of hydrogen-bond acceptors (Lipinski definition) is 3. The molecule has 0 saturated carbocycles. The summed E-state index contributed by atoms with van der Waals surface area (Å²) < 4.78 is 0. The lowest BCUT2D eigenvalue weighted by Gasteiger charge is -2.19. The number of amides is 2. The highest BCUT2D eigenvalue weighted by Crippen LogP contribution is 2.00. The Morgan fingerprint density at radius 2 is 2.11 bits per heavy atom. The molecular weight excluding hydrogens is 244 g/mol. The van der Waals surface area contributed by atoms with Crippen molar-refractivity contribution in [3.05, 3.63) is 42.0 Å². The van der Waals surface area contributed by atoms with Crippen molar-refractivity contribution in [2.45, 2.75) is 6.10 Å². The Balaban J connectivity index is 2.29. The van der Waals surface area contributed by atoms with Crippen LogP contribution < -0.4 is 5.32 Å². The van der Waals surface area contributed by atoms with E-state index in [9.17, 15) is 9.90 Å². The van der Waals surface area contributed by atoms with Gasteiger partial charge in [-0.15, -0.1) is 0 Å². The second-order valence-electron chi connectivity index (χ2n) is 4.22. The lowest BCUT2D eigenvalue weighted by molar-refractivity contribution is 0.0734. The Morgan fingerprint density at radius 1 is 1.42 bits per heavy atom. The lowest BCUT2D eigenvalue weighted by atomic mass is 10.2. The minimum absolute atomic E-state index is 0.102. The van der Waals surface area contributed by atoms with Crippen molar-refractivity contribution in [3.8, 4) is 0 Å². The summed E-state index contributed by atoms with van der Waals surface area (Å²) in [6.45, 7) is 0.156. The molecular formula is C14H20N2O3. The first kappa shape index (κ1) is 15.2. The van der Waals surface area contributed by atoms with E-state index in [1.807, 2.05) is 42.5 Å². The topological polar surface area (TPSA) is 72.8 Å². The molecule has 0 aliphatic rings. The fourth-order valence-corrected chi connectivity index (χ4v) is 1.50. The van der Waals surface area contributed by atoms with Crippen molar-refractivity contribution < 1.29 is 15.0 Å². The normalized spacial score (nSPS) is 12.4. The average molecular weight is 264 g/mol. The van der Waals surface area contributed by atoms with Crippen LogP contribution in [-0.2, 0) is 0 Å². The van der Waals surface area contributed by atoms with Crippen LogP contribution in [-0.4, -0.2) is 54.0 Å². The number of aliphatic hydroxyl groups excluding tert-OH is 2. The van der Waals surface area contributed by atoms with Crippen molar-refractivity contribution in [1.29, 1.82) is 0 Å². The standard InChI is InChI=1S/C14H20N2O3/c1-16(10-13(18)11-17)14(19)15-9-5-8-12-6-3-2-4-7-12/h2-8,13,17-18H,9-11H2,1H3,(H,15,19)/b8-5+/t13-/m0/s1. The third-order valence-electron chi connectivity index (χ3n) is 2.52. The van der Waals surface area contributed by atoms with Gasteiger partial charge in [0.25, 0.3) is 0 Å². The van der Waals surface area contributed by atoms with E-state index in [0.29, 0.717) is 6.54 Å². The van der Waals surface area contributed by atoms with Gasteiger partial charge in [0.2, 0.25) is 0 Å². The SMILES string of the molecule is CN(C[C@H](O)CO)C(=O)NC/C=C/c1ccccc1. The molecule has 5 nitrogen and oxygen atoms in total. The molecule has 3 N–H and O–H groups in total. The fraction of sp³-hybridized carbons (Fsp3) is 0.357. The number of benzene rings is 1. The number of carbonyl (C=O) groups excluding carboxylic acids is 1. The zero-order valence-electron chi connectivity index (χ0n) is 11.0. The van der Waals surface area contributed by atoms with E-state index in [0.717, 1.165) is 5.56 Å². The predicted molar refractivity (Wildman–Crippen MR) is 74.6 cm³/mol. The van der Waals surface area contributed by atoms with Gasteiger partial charge in [0, 0.05) is 13.6 Å². The van der Waals surface area contributed by atoms with E-state index in [1.165, 1.54) is 4.90 Å². The Labute approximate surface area is 113 Å². The predicted octanol–water partition coefficient (Wildman–Crippen LogP) is 0.694. The molecule has 0 unspecified atom stereocenters. The first-order chi connectivity index (χ1) is 9.13. The summed E-state index contributed by atoms with van der Waals surface area (Å²) in [5.41, 5.74) is 1.07. The minimum atomic E-state index is -0.907. The second-order valence-corrected chi connectivity index (χ2v) is 4.22. The van der Waals surface area contributed by atoms with Crippen LogP contribution in [0, 0.1) is 0 Å². The summed E-state index contributed by atoms with van der Waals surface area (Å²) >= 11 is 0. The zero-order chi connectivity index (χ0) is 14.1. The quantitative estimate of drug-likeness (QED) is 0.708. The molecule has 5 heteroatoms. The number of nitrogens with zero attached hydrogens (tertiary/aromatic N) is 1. The summed E-state index contributed by atoms with van der Waals surface area (Å²) in [4.78, 5) is 12.9. The molecule has 0 aromatic heterocycles. The highest BCUT2D eigenvalue weighted by atomic mass is 16.3. The van der Waals surface area contributed by atoms with Crippen molar-refractivity contribution in [2.24, 2.45) is 0 Å². The van der Waals surface area contributed by atoms with Gasteiger partial charge in [0.1, 0.15) is 0 Å². The fourth-order valence-electron chi connectivity index (χ4n) is 1.50. The smallest absolute Gasteiger partial charge is 0.317 e. The molecule has 0 saturated heterocycles. The van der Waals surface area contributed by atoms with E-state index in [-0.39, 0.29) is 19.2 Å². The molecule has 0 aliphatic carbocycles. The number of likely N-dealkylation sites (N-methyl/N-ethyl adjacent to an activating group) is 1. The molecule has 0 radical (unpaired) electrons. The van der Waals surface area contributed by atoms with Gasteiger partial charge in [-0.05, 0) is 5.56 Å². The Kier molecular flexibility index (Phi) is 6.63. The highest BCUT2D eigenvalue weighted by molar-refractivity contribution is 5.74. The van der Waals surface area contributed by atoms with Crippen molar-refractivity contribution in [3.63, 3.8) is 0 Å². The third kappa shape index (κ3) is 6.03. The van der Waals surface area contributed by atoms with Crippen LogP contribution in [0.2, 0.25) is 0 Å². The second kappa shape index (κ2) is 8.29. The van der Waals surface area contributed by atoms with Gasteiger partial charge in [-0.25, -0.2) is 4.79 Å². The maximum Gasteiger partial charge on any atom is 0.317 e. The van der Waals surface area contributed by atoms with Gasteiger partial charge in [-0.1, -0.05) is 42.5 Å². The molecule has 2 amide bonds. The van der Waals surface area contributed by atoms with Crippen LogP contribution in [0.25, 0.3) is 6.08 Å². The zero-order valence-corrected chi connectivity index (χ0v) is 11.0. The highest BCUT2D eigenvalue weighted by Gasteiger charge is 2.11. The average Bonchev–Trinajstić information content (AvgIpc) is 2.44. The molecule has 0 fully saturated rings. The van der Waals surface area contributed by atoms with Gasteiger partial charge in [-0.3, -0.25) is 0 Å². The van der Waals surface area contributed by atoms with Gasteiger partial charge < -0.3 is 20.4 Å². The van der Waals surface area contributed by atoms with E-state index < -0.39 is 6.10 Å². The van der Waals surface area contributed by atoms with Crippen LogP contribution in [0.1, 0.15) is 5.56 Å².